The van der Waals surface area contributed by atoms with Crippen LogP contribution in [-0.4, -0.2) is 17.0 Å². The molecule has 0 aliphatic carbocycles. The molecule has 0 bridgehead atoms. The first kappa shape index (κ1) is 15.0. The van der Waals surface area contributed by atoms with Crippen LogP contribution in [0.3, 0.4) is 0 Å². The largest absolute Gasteiger partial charge is 0.409 e. The van der Waals surface area contributed by atoms with E-state index in [-0.39, 0.29) is 11.7 Å². The third-order valence-electron chi connectivity index (χ3n) is 3.45. The molecule has 0 spiro atoms. The molecule has 0 aliphatic heterocycles. The third-order valence-corrected chi connectivity index (χ3v) is 3.45. The number of amidine groups is 1. The third kappa shape index (κ3) is 3.47. The highest BCUT2D eigenvalue weighted by molar-refractivity contribution is 6.06. The van der Waals surface area contributed by atoms with E-state index in [4.69, 9.17) is 10.9 Å². The Morgan fingerprint density at radius 2 is 2.00 bits per heavy atom. The minimum absolute atomic E-state index is 0.0728. The Kier molecular flexibility index (Phi) is 4.92. The van der Waals surface area contributed by atoms with Crippen molar-refractivity contribution in [2.75, 3.05) is 0 Å². The molecule has 0 aromatic heterocycles. The van der Waals surface area contributed by atoms with Crippen LogP contribution in [0.2, 0.25) is 0 Å². The first-order valence-corrected chi connectivity index (χ1v) is 6.26. The number of rotatable bonds is 5. The van der Waals surface area contributed by atoms with Gasteiger partial charge in [0.1, 0.15) is 5.41 Å². The van der Waals surface area contributed by atoms with Gasteiger partial charge in [0.05, 0.1) is 0 Å². The highest BCUT2D eigenvalue weighted by Gasteiger charge is 2.36. The van der Waals surface area contributed by atoms with Crippen molar-refractivity contribution in [1.82, 2.24) is 5.32 Å². The summed E-state index contributed by atoms with van der Waals surface area (Å²) < 4.78 is 0. The summed E-state index contributed by atoms with van der Waals surface area (Å²) >= 11 is 0. The molecule has 0 radical (unpaired) electrons. The number of nitrogens with two attached hydrogens (primary N) is 1. The second-order valence-corrected chi connectivity index (χ2v) is 4.84. The zero-order chi connectivity index (χ0) is 14.5. The minimum Gasteiger partial charge on any atom is -0.409 e. The van der Waals surface area contributed by atoms with Gasteiger partial charge in [0.15, 0.2) is 5.84 Å². The molecule has 1 rings (SSSR count). The number of hydrogen-bond acceptors (Lipinski definition) is 3. The van der Waals surface area contributed by atoms with Crippen LogP contribution < -0.4 is 11.1 Å². The lowest BCUT2D eigenvalue weighted by molar-refractivity contribution is -0.127. The van der Waals surface area contributed by atoms with Gasteiger partial charge in [0, 0.05) is 6.54 Å². The number of nitrogens with zero attached hydrogens (tertiary/aromatic N) is 1. The molecule has 1 aromatic rings. The van der Waals surface area contributed by atoms with Crippen molar-refractivity contribution in [1.29, 1.82) is 0 Å². The van der Waals surface area contributed by atoms with Crippen LogP contribution in [0.4, 0.5) is 0 Å². The molecule has 19 heavy (non-hydrogen) atoms. The molecule has 1 unspecified atom stereocenters. The normalized spacial score (nSPS) is 14.8. The van der Waals surface area contributed by atoms with E-state index in [9.17, 15) is 4.79 Å². The smallest absolute Gasteiger partial charge is 0.233 e. The molecular formula is C14H21N3O2. The monoisotopic (exact) mass is 263 g/mol. The van der Waals surface area contributed by atoms with Gasteiger partial charge in [-0.3, -0.25) is 4.79 Å². The number of nitrogens with one attached hydrogen (secondary N) is 1. The molecular weight excluding hydrogens is 242 g/mol. The summed E-state index contributed by atoms with van der Waals surface area (Å²) in [7, 11) is 0. The molecule has 0 aliphatic rings. The first-order valence-electron chi connectivity index (χ1n) is 6.26. The summed E-state index contributed by atoms with van der Waals surface area (Å²) in [6.45, 7) is 5.92. The summed E-state index contributed by atoms with van der Waals surface area (Å²) in [5.74, 6) is -0.317. The number of amides is 1. The average Bonchev–Trinajstić information content (AvgIpc) is 2.44. The van der Waals surface area contributed by atoms with Crippen LogP contribution in [-0.2, 0) is 11.3 Å². The molecule has 5 heteroatoms. The SMILES string of the molecule is CCC(C)(C(=O)NCc1ccc(C)cc1)/C(N)=N/O. The number of oxime groups is 1. The number of carbonyl (C=O) groups excluding carboxylic acids is 1. The van der Waals surface area contributed by atoms with E-state index >= 15 is 0 Å². The Hall–Kier alpha value is -2.04. The molecule has 1 aromatic carbocycles. The predicted molar refractivity (Wildman–Crippen MR) is 74.8 cm³/mol. The van der Waals surface area contributed by atoms with E-state index in [1.165, 1.54) is 5.56 Å². The van der Waals surface area contributed by atoms with Crippen molar-refractivity contribution in [3.8, 4) is 0 Å². The Bertz CT molecular complexity index is 468. The zero-order valence-electron chi connectivity index (χ0n) is 11.6. The lowest BCUT2D eigenvalue weighted by Gasteiger charge is -2.25. The Morgan fingerprint density at radius 1 is 1.42 bits per heavy atom. The van der Waals surface area contributed by atoms with Gasteiger partial charge in [-0.1, -0.05) is 41.9 Å². The standard InChI is InChI=1S/C14H21N3O2/c1-4-14(3,12(15)17-19)13(18)16-9-11-7-5-10(2)6-8-11/h5-8,19H,4,9H2,1-3H3,(H2,15,17)(H,16,18). The topological polar surface area (TPSA) is 87.7 Å². The number of carbonyl (C=O) groups is 1. The molecule has 0 saturated heterocycles. The summed E-state index contributed by atoms with van der Waals surface area (Å²) in [6.07, 6.45) is 0.461. The molecule has 4 N–H and O–H groups in total. The second-order valence-electron chi connectivity index (χ2n) is 4.84. The Labute approximate surface area is 113 Å². The fourth-order valence-electron chi connectivity index (χ4n) is 1.65. The van der Waals surface area contributed by atoms with Crippen molar-refractivity contribution >= 4 is 11.7 Å². The van der Waals surface area contributed by atoms with E-state index < -0.39 is 5.41 Å². The van der Waals surface area contributed by atoms with Gasteiger partial charge < -0.3 is 16.3 Å². The van der Waals surface area contributed by atoms with Crippen molar-refractivity contribution in [2.24, 2.45) is 16.3 Å². The van der Waals surface area contributed by atoms with Crippen LogP contribution in [0.1, 0.15) is 31.4 Å². The zero-order valence-corrected chi connectivity index (χ0v) is 11.6. The molecule has 104 valence electrons. The lowest BCUT2D eigenvalue weighted by atomic mass is 9.85. The van der Waals surface area contributed by atoms with Crippen molar-refractivity contribution in [3.05, 3.63) is 35.4 Å². The lowest BCUT2D eigenvalue weighted by Crippen LogP contribution is -2.47. The van der Waals surface area contributed by atoms with Gasteiger partial charge in [-0.25, -0.2) is 0 Å². The summed E-state index contributed by atoms with van der Waals surface area (Å²) in [5.41, 5.74) is 6.79. The highest BCUT2D eigenvalue weighted by atomic mass is 16.4. The molecule has 1 atom stereocenters. The maximum atomic E-state index is 12.2. The molecule has 0 heterocycles. The van der Waals surface area contributed by atoms with Gasteiger partial charge in [0.2, 0.25) is 5.91 Å². The Balaban J connectivity index is 2.71. The van der Waals surface area contributed by atoms with Crippen molar-refractivity contribution in [3.63, 3.8) is 0 Å². The van der Waals surface area contributed by atoms with Crippen LogP contribution in [0.15, 0.2) is 29.4 Å². The van der Waals surface area contributed by atoms with E-state index in [0.717, 1.165) is 5.56 Å². The summed E-state index contributed by atoms with van der Waals surface area (Å²) in [5, 5.41) is 14.5. The maximum absolute atomic E-state index is 12.2. The van der Waals surface area contributed by atoms with Gasteiger partial charge >= 0.3 is 0 Å². The van der Waals surface area contributed by atoms with E-state index in [1.54, 1.807) is 6.92 Å². The second kappa shape index (κ2) is 6.22. The Morgan fingerprint density at radius 3 is 2.47 bits per heavy atom. The number of benzene rings is 1. The van der Waals surface area contributed by atoms with Gasteiger partial charge in [-0.05, 0) is 25.8 Å². The van der Waals surface area contributed by atoms with E-state index in [1.807, 2.05) is 38.1 Å². The minimum atomic E-state index is -0.987. The molecule has 0 fully saturated rings. The van der Waals surface area contributed by atoms with Crippen molar-refractivity contribution in [2.45, 2.75) is 33.7 Å². The van der Waals surface area contributed by atoms with Crippen molar-refractivity contribution < 1.29 is 10.0 Å². The predicted octanol–water partition coefficient (Wildman–Crippen LogP) is 1.77. The first-order chi connectivity index (χ1) is 8.93. The molecule has 5 nitrogen and oxygen atoms in total. The van der Waals surface area contributed by atoms with Crippen LogP contribution in [0.5, 0.6) is 0 Å². The van der Waals surface area contributed by atoms with Gasteiger partial charge in [-0.2, -0.15) is 0 Å². The van der Waals surface area contributed by atoms with E-state index in [2.05, 4.69) is 10.5 Å². The summed E-state index contributed by atoms with van der Waals surface area (Å²) in [4.78, 5) is 12.2. The summed E-state index contributed by atoms with van der Waals surface area (Å²) in [6, 6.07) is 7.90. The maximum Gasteiger partial charge on any atom is 0.233 e. The van der Waals surface area contributed by atoms with Crippen LogP contribution in [0.25, 0.3) is 0 Å². The fraction of sp³-hybridized carbons (Fsp3) is 0.429. The van der Waals surface area contributed by atoms with E-state index in [0.29, 0.717) is 13.0 Å². The number of hydrogen-bond donors (Lipinski definition) is 3. The van der Waals surface area contributed by atoms with Gasteiger partial charge in [0.25, 0.3) is 0 Å². The fourth-order valence-corrected chi connectivity index (χ4v) is 1.65. The van der Waals surface area contributed by atoms with Crippen LogP contribution in [0, 0.1) is 12.3 Å². The van der Waals surface area contributed by atoms with Gasteiger partial charge in [-0.15, -0.1) is 0 Å². The van der Waals surface area contributed by atoms with Crippen LogP contribution >= 0.6 is 0 Å². The molecule has 0 saturated carbocycles. The quantitative estimate of drug-likeness (QED) is 0.327. The number of aryl methyl sites for hydroxylation is 1. The average molecular weight is 263 g/mol. The highest BCUT2D eigenvalue weighted by Crippen LogP contribution is 2.21. The molecule has 1 amide bonds.